The lowest BCUT2D eigenvalue weighted by Crippen LogP contribution is -2.31. The third-order valence-electron chi connectivity index (χ3n) is 4.75. The number of ether oxygens (including phenoxy) is 1. The first-order valence-corrected chi connectivity index (χ1v) is 9.12. The van der Waals surface area contributed by atoms with Crippen molar-refractivity contribution in [2.75, 3.05) is 5.32 Å². The summed E-state index contributed by atoms with van der Waals surface area (Å²) >= 11 is 0. The van der Waals surface area contributed by atoms with Crippen LogP contribution in [0.5, 0.6) is 5.75 Å². The lowest BCUT2D eigenvalue weighted by molar-refractivity contribution is 0.305. The Kier molecular flexibility index (Phi) is 3.94. The smallest absolute Gasteiger partial charge is 0.212 e. The van der Waals surface area contributed by atoms with Crippen LogP contribution in [0.25, 0.3) is 11.0 Å². The molecule has 3 aromatic carbocycles. The molecule has 1 aliphatic heterocycles. The molecule has 1 aliphatic rings. The average molecular weight is 369 g/mol. The molecule has 0 unspecified atom stereocenters. The van der Waals surface area contributed by atoms with Crippen LogP contribution in [0.2, 0.25) is 0 Å². The van der Waals surface area contributed by atoms with Gasteiger partial charge in [-0.25, -0.2) is 9.98 Å². The number of fused-ring (bicyclic) bond motifs is 3. The number of nitrogens with two attached hydrogens (primary N) is 1. The van der Waals surface area contributed by atoms with Crippen molar-refractivity contribution in [3.63, 3.8) is 0 Å². The van der Waals surface area contributed by atoms with Crippen LogP contribution in [0.15, 0.2) is 83.9 Å². The fourth-order valence-electron chi connectivity index (χ4n) is 3.45. The quantitative estimate of drug-likeness (QED) is 0.572. The molecule has 4 aromatic rings. The molecule has 0 bridgehead atoms. The molecule has 6 nitrogen and oxygen atoms in total. The SMILES string of the molecule is NC1=N[C@@H](c2cccc(OCc3ccccc3)c2)n2c(nc3ccccc32)N1. The first-order chi connectivity index (χ1) is 13.8. The molecule has 0 spiro atoms. The number of aliphatic imine (C=N–C) groups is 1. The van der Waals surface area contributed by atoms with E-state index < -0.39 is 0 Å². The Morgan fingerprint density at radius 2 is 1.79 bits per heavy atom. The van der Waals surface area contributed by atoms with E-state index >= 15 is 0 Å². The predicted octanol–water partition coefficient (Wildman–Crippen LogP) is 3.90. The predicted molar refractivity (Wildman–Crippen MR) is 110 cm³/mol. The van der Waals surface area contributed by atoms with Crippen molar-refractivity contribution in [1.82, 2.24) is 9.55 Å². The van der Waals surface area contributed by atoms with Gasteiger partial charge in [-0.3, -0.25) is 9.88 Å². The van der Waals surface area contributed by atoms with E-state index in [2.05, 4.69) is 19.9 Å². The molecule has 0 aliphatic carbocycles. The number of rotatable bonds is 4. The van der Waals surface area contributed by atoms with Crippen molar-refractivity contribution < 1.29 is 4.74 Å². The highest BCUT2D eigenvalue weighted by Crippen LogP contribution is 2.33. The molecule has 0 fully saturated rings. The van der Waals surface area contributed by atoms with Gasteiger partial charge in [-0.1, -0.05) is 54.6 Å². The van der Waals surface area contributed by atoms with E-state index in [1.54, 1.807) is 0 Å². The summed E-state index contributed by atoms with van der Waals surface area (Å²) in [6.45, 7) is 0.515. The van der Waals surface area contributed by atoms with Crippen LogP contribution in [0.3, 0.4) is 0 Å². The van der Waals surface area contributed by atoms with Gasteiger partial charge in [0.15, 0.2) is 12.1 Å². The largest absolute Gasteiger partial charge is 0.489 e. The van der Waals surface area contributed by atoms with Gasteiger partial charge in [0.25, 0.3) is 0 Å². The third-order valence-corrected chi connectivity index (χ3v) is 4.75. The van der Waals surface area contributed by atoms with E-state index in [0.717, 1.165) is 27.9 Å². The number of guanidine groups is 1. The monoisotopic (exact) mass is 369 g/mol. The molecule has 5 rings (SSSR count). The van der Waals surface area contributed by atoms with Crippen LogP contribution in [0.1, 0.15) is 17.3 Å². The summed E-state index contributed by atoms with van der Waals surface area (Å²) in [5.74, 6) is 1.83. The number of para-hydroxylation sites is 2. The maximum absolute atomic E-state index is 6.03. The van der Waals surface area contributed by atoms with Gasteiger partial charge < -0.3 is 10.5 Å². The number of hydrogen-bond donors (Lipinski definition) is 2. The molecule has 0 saturated heterocycles. The van der Waals surface area contributed by atoms with Crippen LogP contribution in [-0.4, -0.2) is 15.5 Å². The van der Waals surface area contributed by atoms with Gasteiger partial charge in [0.2, 0.25) is 5.95 Å². The second-order valence-electron chi connectivity index (χ2n) is 6.65. The highest BCUT2D eigenvalue weighted by atomic mass is 16.5. The summed E-state index contributed by atoms with van der Waals surface area (Å²) in [4.78, 5) is 9.26. The molecule has 2 heterocycles. The molecular weight excluding hydrogens is 350 g/mol. The van der Waals surface area contributed by atoms with Crippen molar-refractivity contribution in [3.05, 3.63) is 90.0 Å². The zero-order valence-corrected chi connectivity index (χ0v) is 15.1. The number of hydrogen-bond acceptors (Lipinski definition) is 5. The van der Waals surface area contributed by atoms with Gasteiger partial charge in [0, 0.05) is 5.56 Å². The third kappa shape index (κ3) is 2.95. The van der Waals surface area contributed by atoms with E-state index in [1.807, 2.05) is 78.9 Å². The molecule has 28 heavy (non-hydrogen) atoms. The molecule has 138 valence electrons. The minimum atomic E-state index is -0.302. The summed E-state index contributed by atoms with van der Waals surface area (Å²) in [6, 6.07) is 26.1. The van der Waals surface area contributed by atoms with Crippen LogP contribution in [0.4, 0.5) is 5.95 Å². The van der Waals surface area contributed by atoms with Crippen molar-refractivity contribution in [2.24, 2.45) is 10.7 Å². The van der Waals surface area contributed by atoms with Crippen molar-refractivity contribution in [1.29, 1.82) is 0 Å². The summed E-state index contributed by atoms with van der Waals surface area (Å²) in [7, 11) is 0. The van der Waals surface area contributed by atoms with E-state index in [4.69, 9.17) is 10.5 Å². The summed E-state index contributed by atoms with van der Waals surface area (Å²) in [5.41, 5.74) is 10.0. The standard InChI is InChI=1S/C22H19N5O/c23-21-25-20(27-19-12-5-4-11-18(19)24-22(27)26-21)16-9-6-10-17(13-16)28-14-15-7-2-1-3-8-15/h1-13,20H,14H2,(H3,23,24,25,26)/t20-/m1/s1. The molecule has 1 aromatic heterocycles. The van der Waals surface area contributed by atoms with E-state index in [1.165, 1.54) is 0 Å². The second kappa shape index (κ2) is 6.74. The van der Waals surface area contributed by atoms with Gasteiger partial charge in [-0.2, -0.15) is 0 Å². The Morgan fingerprint density at radius 3 is 2.68 bits per heavy atom. The maximum Gasteiger partial charge on any atom is 0.212 e. The Balaban J connectivity index is 1.50. The number of nitrogens with zero attached hydrogens (tertiary/aromatic N) is 3. The maximum atomic E-state index is 6.03. The van der Waals surface area contributed by atoms with Gasteiger partial charge in [0.05, 0.1) is 11.0 Å². The highest BCUT2D eigenvalue weighted by Gasteiger charge is 2.25. The zero-order chi connectivity index (χ0) is 18.9. The van der Waals surface area contributed by atoms with E-state index in [9.17, 15) is 0 Å². The van der Waals surface area contributed by atoms with Crippen LogP contribution in [0, 0.1) is 0 Å². The normalized spacial score (nSPS) is 15.6. The number of anilines is 1. The minimum absolute atomic E-state index is 0.302. The fourth-order valence-corrected chi connectivity index (χ4v) is 3.45. The number of benzene rings is 3. The molecule has 3 N–H and O–H groups in total. The molecule has 0 saturated carbocycles. The molecule has 1 atom stereocenters. The van der Waals surface area contributed by atoms with Crippen molar-refractivity contribution in [3.8, 4) is 5.75 Å². The minimum Gasteiger partial charge on any atom is -0.489 e. The molecular formula is C22H19N5O. The Labute approximate surface area is 162 Å². The van der Waals surface area contributed by atoms with Crippen LogP contribution < -0.4 is 15.8 Å². The Bertz CT molecular complexity index is 1170. The Hall–Kier alpha value is -3.80. The summed E-state index contributed by atoms with van der Waals surface area (Å²) < 4.78 is 8.04. The first kappa shape index (κ1) is 16.4. The van der Waals surface area contributed by atoms with Crippen LogP contribution >= 0.6 is 0 Å². The number of aromatic nitrogens is 2. The summed E-state index contributed by atoms with van der Waals surface area (Å²) in [6.07, 6.45) is -0.302. The van der Waals surface area contributed by atoms with Crippen LogP contribution in [-0.2, 0) is 6.61 Å². The average Bonchev–Trinajstić information content (AvgIpc) is 3.11. The first-order valence-electron chi connectivity index (χ1n) is 9.12. The zero-order valence-electron chi connectivity index (χ0n) is 15.1. The topological polar surface area (TPSA) is 77.5 Å². The number of imidazole rings is 1. The number of nitrogens with one attached hydrogen (secondary N) is 1. The van der Waals surface area contributed by atoms with Crippen molar-refractivity contribution >= 4 is 22.9 Å². The lowest BCUT2D eigenvalue weighted by atomic mass is 10.1. The Morgan fingerprint density at radius 1 is 0.964 bits per heavy atom. The van der Waals surface area contributed by atoms with Gasteiger partial charge in [0.1, 0.15) is 12.4 Å². The van der Waals surface area contributed by atoms with Gasteiger partial charge >= 0.3 is 0 Å². The highest BCUT2D eigenvalue weighted by molar-refractivity contribution is 5.94. The molecule has 6 heteroatoms. The molecule has 0 radical (unpaired) electrons. The molecule has 0 amide bonds. The van der Waals surface area contributed by atoms with E-state index in [0.29, 0.717) is 18.5 Å². The van der Waals surface area contributed by atoms with Gasteiger partial charge in [-0.15, -0.1) is 0 Å². The fraction of sp³-hybridized carbons (Fsp3) is 0.0909. The van der Waals surface area contributed by atoms with Gasteiger partial charge in [-0.05, 0) is 29.8 Å². The van der Waals surface area contributed by atoms with E-state index in [-0.39, 0.29) is 6.17 Å². The van der Waals surface area contributed by atoms with Crippen molar-refractivity contribution in [2.45, 2.75) is 12.8 Å². The lowest BCUT2D eigenvalue weighted by Gasteiger charge is -2.24. The second-order valence-corrected chi connectivity index (χ2v) is 6.65. The summed E-state index contributed by atoms with van der Waals surface area (Å²) in [5, 5.41) is 3.06.